The number of nitrogens with one attached hydrogen (secondary N) is 2. The van der Waals surface area contributed by atoms with E-state index in [9.17, 15) is 0 Å². The SMILES string of the molecule is CC(C)N[C@H]1CNC[C@@H]1C. The standard InChI is InChI=1S/C8H18N2/c1-6(2)10-8-5-9-4-7(8)3/h6-10H,4-5H2,1-3H3/t7-,8-/m0/s1. The second-order valence-electron chi connectivity index (χ2n) is 3.56. The molecule has 2 heteroatoms. The molecule has 1 aliphatic rings. The van der Waals surface area contributed by atoms with Crippen molar-refractivity contribution >= 4 is 0 Å². The van der Waals surface area contributed by atoms with Gasteiger partial charge < -0.3 is 10.6 Å². The maximum Gasteiger partial charge on any atom is 0.0232 e. The molecule has 0 aliphatic carbocycles. The van der Waals surface area contributed by atoms with Crippen LogP contribution in [0.2, 0.25) is 0 Å². The summed E-state index contributed by atoms with van der Waals surface area (Å²) in [6.07, 6.45) is 0. The van der Waals surface area contributed by atoms with Crippen LogP contribution in [0.15, 0.2) is 0 Å². The topological polar surface area (TPSA) is 24.1 Å². The minimum atomic E-state index is 0.618. The Hall–Kier alpha value is -0.0800. The molecular formula is C8H18N2. The molecule has 0 saturated carbocycles. The third-order valence-corrected chi connectivity index (χ3v) is 2.06. The van der Waals surface area contributed by atoms with E-state index in [2.05, 4.69) is 31.4 Å². The molecule has 0 amide bonds. The summed E-state index contributed by atoms with van der Waals surface area (Å²) in [5.74, 6) is 0.794. The molecule has 1 heterocycles. The van der Waals surface area contributed by atoms with Gasteiger partial charge in [0, 0.05) is 18.6 Å². The van der Waals surface area contributed by atoms with Crippen LogP contribution in [-0.2, 0) is 0 Å². The summed E-state index contributed by atoms with van der Waals surface area (Å²) < 4.78 is 0. The molecule has 0 radical (unpaired) electrons. The van der Waals surface area contributed by atoms with Gasteiger partial charge in [0.25, 0.3) is 0 Å². The van der Waals surface area contributed by atoms with E-state index in [0.29, 0.717) is 12.1 Å². The highest BCUT2D eigenvalue weighted by Crippen LogP contribution is 2.07. The summed E-state index contributed by atoms with van der Waals surface area (Å²) in [5, 5.41) is 6.89. The summed E-state index contributed by atoms with van der Waals surface area (Å²) >= 11 is 0. The van der Waals surface area contributed by atoms with Gasteiger partial charge in [0.15, 0.2) is 0 Å². The summed E-state index contributed by atoms with van der Waals surface area (Å²) in [6.45, 7) is 9.00. The molecule has 0 aromatic carbocycles. The van der Waals surface area contributed by atoms with Gasteiger partial charge in [0.05, 0.1) is 0 Å². The van der Waals surface area contributed by atoms with Gasteiger partial charge in [-0.15, -0.1) is 0 Å². The number of hydrogen-bond donors (Lipinski definition) is 2. The van der Waals surface area contributed by atoms with Gasteiger partial charge in [-0.25, -0.2) is 0 Å². The highest BCUT2D eigenvalue weighted by molar-refractivity contribution is 4.84. The Labute approximate surface area is 63.4 Å². The van der Waals surface area contributed by atoms with Crippen LogP contribution in [0.3, 0.4) is 0 Å². The van der Waals surface area contributed by atoms with Crippen LogP contribution in [0.25, 0.3) is 0 Å². The van der Waals surface area contributed by atoms with Crippen LogP contribution in [0.1, 0.15) is 20.8 Å². The average Bonchev–Trinajstić information content (AvgIpc) is 2.15. The van der Waals surface area contributed by atoms with E-state index in [0.717, 1.165) is 12.5 Å². The summed E-state index contributed by atoms with van der Waals surface area (Å²) in [5.41, 5.74) is 0. The van der Waals surface area contributed by atoms with E-state index in [4.69, 9.17) is 0 Å². The zero-order chi connectivity index (χ0) is 7.56. The highest BCUT2D eigenvalue weighted by atomic mass is 15.0. The zero-order valence-electron chi connectivity index (χ0n) is 7.15. The smallest absolute Gasteiger partial charge is 0.0232 e. The fraction of sp³-hybridized carbons (Fsp3) is 1.00. The summed E-state index contributed by atoms with van der Waals surface area (Å²) in [7, 11) is 0. The lowest BCUT2D eigenvalue weighted by molar-refractivity contribution is 0.418. The van der Waals surface area contributed by atoms with Crippen LogP contribution >= 0.6 is 0 Å². The van der Waals surface area contributed by atoms with Crippen molar-refractivity contribution in [1.29, 1.82) is 0 Å². The predicted octanol–water partition coefficient (Wildman–Crippen LogP) is 0.592. The fourth-order valence-electron chi connectivity index (χ4n) is 1.46. The van der Waals surface area contributed by atoms with Crippen LogP contribution in [-0.4, -0.2) is 25.2 Å². The van der Waals surface area contributed by atoms with Crippen LogP contribution in [0, 0.1) is 5.92 Å². The third kappa shape index (κ3) is 1.96. The first-order valence-electron chi connectivity index (χ1n) is 4.17. The lowest BCUT2D eigenvalue weighted by Gasteiger charge is -2.18. The Kier molecular flexibility index (Phi) is 2.69. The van der Waals surface area contributed by atoms with Crippen molar-refractivity contribution in [3.63, 3.8) is 0 Å². The molecule has 0 bridgehead atoms. The molecule has 2 atom stereocenters. The Morgan fingerprint density at radius 2 is 2.10 bits per heavy atom. The van der Waals surface area contributed by atoms with Crippen LogP contribution in [0.5, 0.6) is 0 Å². The van der Waals surface area contributed by atoms with E-state index in [1.165, 1.54) is 6.54 Å². The Bertz CT molecular complexity index is 101. The van der Waals surface area contributed by atoms with Crippen molar-refractivity contribution in [3.8, 4) is 0 Å². The molecule has 1 rings (SSSR count). The molecule has 0 unspecified atom stereocenters. The van der Waals surface area contributed by atoms with Gasteiger partial charge in [-0.1, -0.05) is 20.8 Å². The van der Waals surface area contributed by atoms with Crippen molar-refractivity contribution in [2.45, 2.75) is 32.9 Å². The molecule has 1 aliphatic heterocycles. The van der Waals surface area contributed by atoms with Gasteiger partial charge in [0.2, 0.25) is 0 Å². The minimum absolute atomic E-state index is 0.618. The lowest BCUT2D eigenvalue weighted by atomic mass is 10.1. The van der Waals surface area contributed by atoms with E-state index in [-0.39, 0.29) is 0 Å². The van der Waals surface area contributed by atoms with Gasteiger partial charge in [-0.3, -0.25) is 0 Å². The molecule has 0 aromatic heterocycles. The zero-order valence-corrected chi connectivity index (χ0v) is 7.15. The average molecular weight is 142 g/mol. The number of hydrogen-bond acceptors (Lipinski definition) is 2. The van der Waals surface area contributed by atoms with Crippen LogP contribution in [0.4, 0.5) is 0 Å². The molecule has 2 nitrogen and oxygen atoms in total. The van der Waals surface area contributed by atoms with E-state index < -0.39 is 0 Å². The van der Waals surface area contributed by atoms with Gasteiger partial charge >= 0.3 is 0 Å². The maximum atomic E-state index is 3.53. The molecule has 0 aromatic rings. The minimum Gasteiger partial charge on any atom is -0.315 e. The van der Waals surface area contributed by atoms with E-state index in [1.807, 2.05) is 0 Å². The molecule has 60 valence electrons. The van der Waals surface area contributed by atoms with Crippen LogP contribution < -0.4 is 10.6 Å². The first-order valence-corrected chi connectivity index (χ1v) is 4.17. The normalized spacial score (nSPS) is 33.6. The Morgan fingerprint density at radius 1 is 1.40 bits per heavy atom. The predicted molar refractivity (Wildman–Crippen MR) is 44.1 cm³/mol. The van der Waals surface area contributed by atoms with Gasteiger partial charge in [0.1, 0.15) is 0 Å². The second-order valence-corrected chi connectivity index (χ2v) is 3.56. The van der Waals surface area contributed by atoms with Crippen molar-refractivity contribution in [2.75, 3.05) is 13.1 Å². The monoisotopic (exact) mass is 142 g/mol. The van der Waals surface area contributed by atoms with Crippen molar-refractivity contribution < 1.29 is 0 Å². The first kappa shape index (κ1) is 8.02. The second kappa shape index (κ2) is 3.35. The molecule has 1 fully saturated rings. The summed E-state index contributed by atoms with van der Waals surface area (Å²) in [6, 6.07) is 1.31. The van der Waals surface area contributed by atoms with E-state index in [1.54, 1.807) is 0 Å². The highest BCUT2D eigenvalue weighted by Gasteiger charge is 2.22. The Morgan fingerprint density at radius 3 is 2.50 bits per heavy atom. The lowest BCUT2D eigenvalue weighted by Crippen LogP contribution is -2.39. The first-order chi connectivity index (χ1) is 4.70. The maximum absolute atomic E-state index is 3.53. The van der Waals surface area contributed by atoms with E-state index >= 15 is 0 Å². The molecule has 10 heavy (non-hydrogen) atoms. The molecule has 1 saturated heterocycles. The summed E-state index contributed by atoms with van der Waals surface area (Å²) in [4.78, 5) is 0. The fourth-order valence-corrected chi connectivity index (χ4v) is 1.46. The Balaban J connectivity index is 2.26. The van der Waals surface area contributed by atoms with Crippen molar-refractivity contribution in [3.05, 3.63) is 0 Å². The van der Waals surface area contributed by atoms with Crippen molar-refractivity contribution in [1.82, 2.24) is 10.6 Å². The van der Waals surface area contributed by atoms with Gasteiger partial charge in [-0.05, 0) is 12.5 Å². The van der Waals surface area contributed by atoms with Crippen molar-refractivity contribution in [2.24, 2.45) is 5.92 Å². The molecule has 0 spiro atoms. The molecular weight excluding hydrogens is 124 g/mol. The quantitative estimate of drug-likeness (QED) is 0.590. The number of rotatable bonds is 2. The third-order valence-electron chi connectivity index (χ3n) is 2.06. The molecule has 2 N–H and O–H groups in total. The largest absolute Gasteiger partial charge is 0.315 e. The van der Waals surface area contributed by atoms with Gasteiger partial charge in [-0.2, -0.15) is 0 Å².